The number of halogens is 1. The highest BCUT2D eigenvalue weighted by atomic mass is 35.5. The van der Waals surface area contributed by atoms with Crippen LogP contribution in [-0.4, -0.2) is 17.7 Å². The number of carbonyl (C=O) groups excluding carboxylic acids is 3. The molecule has 1 heterocycles. The van der Waals surface area contributed by atoms with Crippen LogP contribution in [0.5, 0.6) is 0 Å². The van der Waals surface area contributed by atoms with E-state index in [-0.39, 0.29) is 11.6 Å². The topological polar surface area (TPSA) is 100 Å². The fourth-order valence-electron chi connectivity index (χ4n) is 5.00. The molecule has 50 heavy (non-hydrogen) atoms. The predicted molar refractivity (Wildman–Crippen MR) is 201 cm³/mol. The highest BCUT2D eigenvalue weighted by Crippen LogP contribution is 2.37. The average Bonchev–Trinajstić information content (AvgIpc) is 3.62. The molecular formula is C41H32ClN3O4S. The van der Waals surface area contributed by atoms with Gasteiger partial charge in [0.25, 0.3) is 11.8 Å². The molecule has 0 spiro atoms. The molecule has 0 aliphatic carbocycles. The minimum atomic E-state index is -0.562. The molecule has 0 bridgehead atoms. The quantitative estimate of drug-likeness (QED) is 0.0925. The summed E-state index contributed by atoms with van der Waals surface area (Å²) in [6.07, 6.45) is 1.50. The van der Waals surface area contributed by atoms with Crippen molar-refractivity contribution >= 4 is 58.5 Å². The molecule has 9 heteroatoms. The number of nitrogens with one attached hydrogen (secondary N) is 3. The van der Waals surface area contributed by atoms with E-state index in [4.69, 9.17) is 16.0 Å². The summed E-state index contributed by atoms with van der Waals surface area (Å²) in [5.41, 5.74) is 4.16. The predicted octanol–water partition coefficient (Wildman–Crippen LogP) is 9.79. The van der Waals surface area contributed by atoms with Crippen LogP contribution in [0.15, 0.2) is 161 Å². The number of rotatable bonds is 11. The van der Waals surface area contributed by atoms with E-state index in [1.165, 1.54) is 17.8 Å². The van der Waals surface area contributed by atoms with E-state index in [0.717, 1.165) is 21.6 Å². The van der Waals surface area contributed by atoms with Gasteiger partial charge in [-0.1, -0.05) is 96.5 Å². The number of hydrogen-bond donors (Lipinski definition) is 3. The first-order valence-electron chi connectivity index (χ1n) is 15.8. The molecule has 1 aromatic heterocycles. The van der Waals surface area contributed by atoms with Gasteiger partial charge in [-0.3, -0.25) is 14.4 Å². The van der Waals surface area contributed by atoms with Gasteiger partial charge in [0, 0.05) is 38.5 Å². The molecule has 0 saturated heterocycles. The van der Waals surface area contributed by atoms with Crippen molar-refractivity contribution in [2.24, 2.45) is 0 Å². The highest BCUT2D eigenvalue weighted by Gasteiger charge is 2.23. The molecule has 6 aromatic rings. The van der Waals surface area contributed by atoms with Crippen molar-refractivity contribution in [3.8, 4) is 11.3 Å². The lowest BCUT2D eigenvalue weighted by Gasteiger charge is -2.18. The summed E-state index contributed by atoms with van der Waals surface area (Å²) in [5.74, 6) is -0.148. The minimum Gasteiger partial charge on any atom is -0.457 e. The van der Waals surface area contributed by atoms with E-state index in [2.05, 4.69) is 16.0 Å². The van der Waals surface area contributed by atoms with Crippen LogP contribution in [0.2, 0.25) is 5.02 Å². The van der Waals surface area contributed by atoms with E-state index < -0.39 is 17.1 Å². The first kappa shape index (κ1) is 34.0. The number of aryl methyl sites for hydroxylation is 1. The van der Waals surface area contributed by atoms with Crippen LogP contribution in [0.3, 0.4) is 0 Å². The summed E-state index contributed by atoms with van der Waals surface area (Å²) in [4.78, 5) is 41.1. The third kappa shape index (κ3) is 8.79. The summed E-state index contributed by atoms with van der Waals surface area (Å²) in [6, 6.07) is 43.9. The molecule has 0 aliphatic heterocycles. The van der Waals surface area contributed by atoms with Gasteiger partial charge in [-0.15, -0.1) is 11.8 Å². The number of amides is 3. The fraction of sp³-hybridized carbons (Fsp3) is 0.0488. The molecule has 5 aromatic carbocycles. The Balaban J connectivity index is 1.20. The molecule has 0 fully saturated rings. The van der Waals surface area contributed by atoms with Gasteiger partial charge in [-0.05, 0) is 78.7 Å². The third-order valence-corrected chi connectivity index (χ3v) is 9.32. The zero-order chi connectivity index (χ0) is 34.9. The van der Waals surface area contributed by atoms with Gasteiger partial charge in [-0.2, -0.15) is 0 Å². The van der Waals surface area contributed by atoms with Gasteiger partial charge in [0.1, 0.15) is 22.5 Å². The average molecular weight is 698 g/mol. The second kappa shape index (κ2) is 16.0. The van der Waals surface area contributed by atoms with Gasteiger partial charge in [0.15, 0.2) is 0 Å². The molecule has 0 unspecified atom stereocenters. The summed E-state index contributed by atoms with van der Waals surface area (Å²) in [6.45, 7) is 1.90. The Hall–Kier alpha value is -5.83. The maximum Gasteiger partial charge on any atom is 0.272 e. The third-order valence-electron chi connectivity index (χ3n) is 7.65. The summed E-state index contributed by atoms with van der Waals surface area (Å²) < 4.78 is 6.00. The van der Waals surface area contributed by atoms with Crippen molar-refractivity contribution in [3.05, 3.63) is 179 Å². The molecular weight excluding hydrogens is 666 g/mol. The van der Waals surface area contributed by atoms with Crippen molar-refractivity contribution in [1.29, 1.82) is 0 Å². The Kier molecular flexibility index (Phi) is 10.9. The number of furan rings is 1. The van der Waals surface area contributed by atoms with E-state index in [9.17, 15) is 14.4 Å². The van der Waals surface area contributed by atoms with Crippen LogP contribution >= 0.6 is 23.4 Å². The summed E-state index contributed by atoms with van der Waals surface area (Å²) in [7, 11) is 0. The molecule has 3 N–H and O–H groups in total. The lowest BCUT2D eigenvalue weighted by Crippen LogP contribution is -2.30. The minimum absolute atomic E-state index is 0.00304. The lowest BCUT2D eigenvalue weighted by molar-refractivity contribution is -0.116. The van der Waals surface area contributed by atoms with Crippen molar-refractivity contribution in [3.63, 3.8) is 0 Å². The molecule has 6 rings (SSSR count). The molecule has 3 amide bonds. The molecule has 0 saturated carbocycles. The lowest BCUT2D eigenvalue weighted by atomic mass is 10.1. The standard InChI is InChI=1S/C41H32ClN3O4S/c1-27-17-18-32(25-35(27)42)44-41(48)38(29-13-7-3-8-14-29)50-34-22-19-31(20-23-34)43-40(47)36(45-39(46)30-15-9-4-10-16-30)26-33-21-24-37(49-33)28-11-5-2-6-12-28/h2-26,38H,1H3,(H,43,47)(H,44,48)(H,45,46)/b36-26-/t38-/m1/s1. The Bertz CT molecular complexity index is 2130. The maximum atomic E-state index is 13.6. The first-order valence-corrected chi connectivity index (χ1v) is 17.0. The Morgan fingerprint density at radius 1 is 0.720 bits per heavy atom. The van der Waals surface area contributed by atoms with E-state index in [1.807, 2.05) is 104 Å². The van der Waals surface area contributed by atoms with E-state index in [1.54, 1.807) is 48.5 Å². The van der Waals surface area contributed by atoms with Crippen LogP contribution < -0.4 is 16.0 Å². The SMILES string of the molecule is Cc1ccc(NC(=O)[C@H](Sc2ccc(NC(=O)/C(=C/c3ccc(-c4ccccc4)o3)NC(=O)c3ccccc3)cc2)c2ccccc2)cc1Cl. The monoisotopic (exact) mass is 697 g/mol. The number of anilines is 2. The molecule has 0 radical (unpaired) electrons. The molecule has 0 aliphatic rings. The Labute approximate surface area is 299 Å². The molecule has 7 nitrogen and oxygen atoms in total. The largest absolute Gasteiger partial charge is 0.457 e. The molecule has 1 atom stereocenters. The second-order valence-corrected chi connectivity index (χ2v) is 12.9. The van der Waals surface area contributed by atoms with Crippen molar-refractivity contribution < 1.29 is 18.8 Å². The smallest absolute Gasteiger partial charge is 0.272 e. The number of benzene rings is 5. The van der Waals surface area contributed by atoms with E-state index >= 15 is 0 Å². The number of carbonyl (C=O) groups is 3. The molecule has 248 valence electrons. The van der Waals surface area contributed by atoms with Crippen molar-refractivity contribution in [1.82, 2.24) is 5.32 Å². The zero-order valence-electron chi connectivity index (χ0n) is 26.9. The van der Waals surface area contributed by atoms with Gasteiger partial charge in [0.2, 0.25) is 5.91 Å². The van der Waals surface area contributed by atoms with Gasteiger partial charge in [-0.25, -0.2) is 0 Å². The van der Waals surface area contributed by atoms with Crippen LogP contribution in [0.25, 0.3) is 17.4 Å². The summed E-state index contributed by atoms with van der Waals surface area (Å²) >= 11 is 7.68. The van der Waals surface area contributed by atoms with Crippen LogP contribution in [0.1, 0.15) is 32.5 Å². The van der Waals surface area contributed by atoms with Gasteiger partial charge >= 0.3 is 0 Å². The number of hydrogen-bond acceptors (Lipinski definition) is 5. The van der Waals surface area contributed by atoms with Gasteiger partial charge < -0.3 is 20.4 Å². The van der Waals surface area contributed by atoms with Crippen LogP contribution in [0.4, 0.5) is 11.4 Å². The Morgan fingerprint density at radius 2 is 1.36 bits per heavy atom. The maximum absolute atomic E-state index is 13.6. The Morgan fingerprint density at radius 3 is 2.04 bits per heavy atom. The highest BCUT2D eigenvalue weighted by molar-refractivity contribution is 8.00. The van der Waals surface area contributed by atoms with Crippen molar-refractivity contribution in [2.45, 2.75) is 17.1 Å². The van der Waals surface area contributed by atoms with Crippen molar-refractivity contribution in [2.75, 3.05) is 10.6 Å². The van der Waals surface area contributed by atoms with E-state index in [0.29, 0.717) is 33.5 Å². The van der Waals surface area contributed by atoms with Crippen LogP contribution in [0, 0.1) is 6.92 Å². The second-order valence-electron chi connectivity index (χ2n) is 11.3. The first-order chi connectivity index (χ1) is 24.3. The fourth-order valence-corrected chi connectivity index (χ4v) is 6.21. The summed E-state index contributed by atoms with van der Waals surface area (Å²) in [5, 5.41) is 8.61. The van der Waals surface area contributed by atoms with Gasteiger partial charge in [0.05, 0.1) is 0 Å². The van der Waals surface area contributed by atoms with Crippen LogP contribution in [-0.2, 0) is 9.59 Å². The number of thioether (sulfide) groups is 1. The normalized spacial score (nSPS) is 11.8. The zero-order valence-corrected chi connectivity index (χ0v) is 28.5.